The molecule has 0 saturated carbocycles. The van der Waals surface area contributed by atoms with E-state index in [1.165, 1.54) is 5.56 Å². The van der Waals surface area contributed by atoms with E-state index in [0.29, 0.717) is 5.56 Å². The maximum absolute atomic E-state index is 13.1. The number of nitrogens with zero attached hydrogens (tertiary/aromatic N) is 1. The lowest BCUT2D eigenvalue weighted by Crippen LogP contribution is -2.17. The minimum atomic E-state index is 0.0546. The fourth-order valence-corrected chi connectivity index (χ4v) is 3.79. The van der Waals surface area contributed by atoms with Crippen molar-refractivity contribution in [3.05, 3.63) is 120 Å². The lowest BCUT2D eigenvalue weighted by atomic mass is 9.95. The van der Waals surface area contributed by atoms with Crippen molar-refractivity contribution in [2.75, 3.05) is 13.6 Å². The van der Waals surface area contributed by atoms with Crippen molar-refractivity contribution in [2.24, 2.45) is 0 Å². The fraction of sp³-hybridized carbons (Fsp3) is 0.107. The molecular formula is C28H25NO. The SMILES string of the molecule is C=CCN(C)Cc1ccc(-c2ccc(C(=O)c3cccc4ccccc34)cc2)cc1. The Balaban J connectivity index is 1.54. The first-order valence-corrected chi connectivity index (χ1v) is 10.2. The molecule has 0 aliphatic carbocycles. The third kappa shape index (κ3) is 4.24. The van der Waals surface area contributed by atoms with E-state index < -0.39 is 0 Å². The topological polar surface area (TPSA) is 20.3 Å². The molecule has 0 aliphatic rings. The van der Waals surface area contributed by atoms with Crippen LogP contribution < -0.4 is 0 Å². The maximum atomic E-state index is 13.1. The first-order chi connectivity index (χ1) is 14.7. The number of hydrogen-bond donors (Lipinski definition) is 0. The summed E-state index contributed by atoms with van der Waals surface area (Å²) in [7, 11) is 2.08. The van der Waals surface area contributed by atoms with Crippen LogP contribution >= 0.6 is 0 Å². The molecule has 0 bridgehead atoms. The molecule has 0 heterocycles. The Morgan fingerprint density at radius 1 is 0.833 bits per heavy atom. The van der Waals surface area contributed by atoms with Crippen LogP contribution in [-0.2, 0) is 6.54 Å². The van der Waals surface area contributed by atoms with E-state index in [9.17, 15) is 4.79 Å². The third-order valence-electron chi connectivity index (χ3n) is 5.36. The number of likely N-dealkylation sites (N-methyl/N-ethyl adjacent to an activating group) is 1. The van der Waals surface area contributed by atoms with E-state index in [0.717, 1.165) is 40.6 Å². The number of rotatable bonds is 7. The number of carbonyl (C=O) groups excluding carboxylic acids is 1. The molecule has 0 N–H and O–H groups in total. The summed E-state index contributed by atoms with van der Waals surface area (Å²) in [4.78, 5) is 15.3. The molecule has 0 amide bonds. The molecule has 148 valence electrons. The normalized spacial score (nSPS) is 11.0. The lowest BCUT2D eigenvalue weighted by molar-refractivity contribution is 0.104. The zero-order valence-corrected chi connectivity index (χ0v) is 17.2. The van der Waals surface area contributed by atoms with E-state index in [1.54, 1.807) is 0 Å². The second kappa shape index (κ2) is 8.89. The number of carbonyl (C=O) groups is 1. The molecule has 4 aromatic rings. The van der Waals surface area contributed by atoms with Gasteiger partial charge in [0.1, 0.15) is 0 Å². The molecule has 0 radical (unpaired) electrons. The number of hydrogen-bond acceptors (Lipinski definition) is 2. The van der Waals surface area contributed by atoms with Gasteiger partial charge in [-0.1, -0.05) is 97.1 Å². The summed E-state index contributed by atoms with van der Waals surface area (Å²) >= 11 is 0. The highest BCUT2D eigenvalue weighted by Gasteiger charge is 2.12. The second-order valence-corrected chi connectivity index (χ2v) is 7.62. The van der Waals surface area contributed by atoms with Crippen molar-refractivity contribution in [1.29, 1.82) is 0 Å². The van der Waals surface area contributed by atoms with E-state index in [1.807, 2.05) is 72.8 Å². The minimum absolute atomic E-state index is 0.0546. The summed E-state index contributed by atoms with van der Waals surface area (Å²) in [6.45, 7) is 5.55. The van der Waals surface area contributed by atoms with Crippen molar-refractivity contribution in [3.8, 4) is 11.1 Å². The zero-order valence-electron chi connectivity index (χ0n) is 17.2. The van der Waals surface area contributed by atoms with E-state index >= 15 is 0 Å². The van der Waals surface area contributed by atoms with Gasteiger partial charge in [0.2, 0.25) is 0 Å². The number of benzene rings is 4. The van der Waals surface area contributed by atoms with Crippen LogP contribution in [0.5, 0.6) is 0 Å². The van der Waals surface area contributed by atoms with E-state index in [-0.39, 0.29) is 5.78 Å². The van der Waals surface area contributed by atoms with Crippen molar-refractivity contribution in [2.45, 2.75) is 6.54 Å². The standard InChI is InChI=1S/C28H25NO/c1-3-19-29(2)20-21-11-13-22(14-12-21)23-15-17-25(18-16-23)28(30)27-10-6-8-24-7-4-5-9-26(24)27/h3-18H,1,19-20H2,2H3. The van der Waals surface area contributed by atoms with Crippen LogP contribution in [0.3, 0.4) is 0 Å². The predicted molar refractivity (Wildman–Crippen MR) is 126 cm³/mol. The van der Waals surface area contributed by atoms with Crippen LogP contribution in [0.4, 0.5) is 0 Å². The maximum Gasteiger partial charge on any atom is 0.193 e. The smallest absolute Gasteiger partial charge is 0.193 e. The molecule has 2 nitrogen and oxygen atoms in total. The van der Waals surface area contributed by atoms with E-state index in [2.05, 4.69) is 42.8 Å². The number of ketones is 1. The van der Waals surface area contributed by atoms with Gasteiger partial charge in [-0.2, -0.15) is 0 Å². The molecule has 2 heteroatoms. The van der Waals surface area contributed by atoms with Crippen LogP contribution in [0.15, 0.2) is 104 Å². The first kappa shape index (κ1) is 19.8. The molecule has 0 aromatic heterocycles. The monoisotopic (exact) mass is 391 g/mol. The van der Waals surface area contributed by atoms with Gasteiger partial charge in [-0.3, -0.25) is 9.69 Å². The van der Waals surface area contributed by atoms with Crippen molar-refractivity contribution < 1.29 is 4.79 Å². The number of fused-ring (bicyclic) bond motifs is 1. The Hall–Kier alpha value is -3.49. The molecule has 30 heavy (non-hydrogen) atoms. The van der Waals surface area contributed by atoms with Crippen LogP contribution in [0.2, 0.25) is 0 Å². The summed E-state index contributed by atoms with van der Waals surface area (Å²) in [5, 5.41) is 2.07. The van der Waals surface area contributed by atoms with Crippen LogP contribution in [0.1, 0.15) is 21.5 Å². The van der Waals surface area contributed by atoms with Crippen LogP contribution in [0, 0.1) is 0 Å². The average molecular weight is 392 g/mol. The van der Waals surface area contributed by atoms with Gasteiger partial charge in [0, 0.05) is 24.2 Å². The highest BCUT2D eigenvalue weighted by atomic mass is 16.1. The quantitative estimate of drug-likeness (QED) is 0.270. The Morgan fingerprint density at radius 2 is 1.47 bits per heavy atom. The Labute approximate surface area is 178 Å². The molecule has 0 aliphatic heterocycles. The average Bonchev–Trinajstić information content (AvgIpc) is 2.79. The molecular weight excluding hydrogens is 366 g/mol. The Bertz CT molecular complexity index is 1170. The van der Waals surface area contributed by atoms with Crippen molar-refractivity contribution >= 4 is 16.6 Å². The molecule has 0 fully saturated rings. The molecule has 4 aromatic carbocycles. The summed E-state index contributed by atoms with van der Waals surface area (Å²) < 4.78 is 0. The van der Waals surface area contributed by atoms with Gasteiger partial charge >= 0.3 is 0 Å². The van der Waals surface area contributed by atoms with Gasteiger partial charge in [0.25, 0.3) is 0 Å². The highest BCUT2D eigenvalue weighted by Crippen LogP contribution is 2.24. The van der Waals surface area contributed by atoms with Gasteiger partial charge in [-0.25, -0.2) is 0 Å². The summed E-state index contributed by atoms with van der Waals surface area (Å²) in [6, 6.07) is 30.4. The summed E-state index contributed by atoms with van der Waals surface area (Å²) in [5.74, 6) is 0.0546. The van der Waals surface area contributed by atoms with Crippen LogP contribution in [0.25, 0.3) is 21.9 Å². The molecule has 0 spiro atoms. The highest BCUT2D eigenvalue weighted by molar-refractivity contribution is 6.16. The van der Waals surface area contributed by atoms with Crippen LogP contribution in [-0.4, -0.2) is 24.3 Å². The van der Waals surface area contributed by atoms with Gasteiger partial charge in [0.15, 0.2) is 5.78 Å². The van der Waals surface area contributed by atoms with Crippen molar-refractivity contribution in [3.63, 3.8) is 0 Å². The van der Waals surface area contributed by atoms with Crippen molar-refractivity contribution in [1.82, 2.24) is 4.90 Å². The largest absolute Gasteiger partial charge is 0.298 e. The molecule has 4 rings (SSSR count). The third-order valence-corrected chi connectivity index (χ3v) is 5.36. The van der Waals surface area contributed by atoms with Gasteiger partial charge in [0.05, 0.1) is 0 Å². The Morgan fingerprint density at radius 3 is 2.17 bits per heavy atom. The zero-order chi connectivity index (χ0) is 20.9. The van der Waals surface area contributed by atoms with Gasteiger partial charge < -0.3 is 0 Å². The van der Waals surface area contributed by atoms with Gasteiger partial charge in [-0.15, -0.1) is 6.58 Å². The molecule has 0 saturated heterocycles. The first-order valence-electron chi connectivity index (χ1n) is 10.2. The minimum Gasteiger partial charge on any atom is -0.298 e. The lowest BCUT2D eigenvalue weighted by Gasteiger charge is -2.14. The van der Waals surface area contributed by atoms with Gasteiger partial charge in [-0.05, 0) is 34.5 Å². The molecule has 0 atom stereocenters. The second-order valence-electron chi connectivity index (χ2n) is 7.62. The summed E-state index contributed by atoms with van der Waals surface area (Å²) in [5.41, 5.74) is 4.97. The summed E-state index contributed by atoms with van der Waals surface area (Å²) in [6.07, 6.45) is 1.91. The fourth-order valence-electron chi connectivity index (χ4n) is 3.79. The predicted octanol–water partition coefficient (Wildman–Crippen LogP) is 6.36. The Kier molecular flexibility index (Phi) is 5.87. The van der Waals surface area contributed by atoms with E-state index in [4.69, 9.17) is 0 Å². The molecule has 0 unspecified atom stereocenters.